The van der Waals surface area contributed by atoms with Crippen molar-refractivity contribution in [1.82, 2.24) is 10.4 Å². The number of rotatable bonds is 10. The van der Waals surface area contributed by atoms with Gasteiger partial charge >= 0.3 is 0 Å². The number of ether oxygens (including phenoxy) is 2. The lowest BCUT2D eigenvalue weighted by Gasteiger charge is -2.43. The van der Waals surface area contributed by atoms with Gasteiger partial charge in [-0.1, -0.05) is 65.0 Å². The normalized spacial score (nSPS) is 21.9. The maximum Gasteiger partial charge on any atom is 0.260 e. The molecule has 1 saturated heterocycles. The Morgan fingerprint density at radius 3 is 2.21 bits per heavy atom. The first-order chi connectivity index (χ1) is 15.5. The Kier molecular flexibility index (Phi) is 18.5. The second-order valence-electron chi connectivity index (χ2n) is 7.83. The summed E-state index contributed by atoms with van der Waals surface area (Å²) in [5.41, 5.74) is -0.657. The molecule has 1 aliphatic heterocycles. The Labute approximate surface area is 199 Å². The summed E-state index contributed by atoms with van der Waals surface area (Å²) in [4.78, 5) is 12.2. The first-order valence-electron chi connectivity index (χ1n) is 11.2. The molecule has 0 radical (unpaired) electrons. The average molecular weight is 493 g/mol. The van der Waals surface area contributed by atoms with Crippen LogP contribution in [-0.2, 0) is 18.8 Å². The third-order valence-corrected chi connectivity index (χ3v) is 5.90. The fraction of sp³-hybridized carbons (Fsp3) is 0.696. The number of allylic oxidation sites excluding steroid dienone is 4. The minimum atomic E-state index is -2.70. The van der Waals surface area contributed by atoms with E-state index < -0.39 is 37.3 Å². The maximum atomic E-state index is 12.2. The molecule has 1 aliphatic rings. The van der Waals surface area contributed by atoms with Crippen LogP contribution in [0, 0.1) is 0 Å². The number of amides is 1. The molecular weight excluding hydrogens is 447 g/mol. The van der Waals surface area contributed by atoms with Gasteiger partial charge in [0, 0.05) is 6.54 Å². The fourth-order valence-electron chi connectivity index (χ4n) is 2.33. The number of nitrogens with zero attached hydrogens (tertiary/aromatic N) is 1. The van der Waals surface area contributed by atoms with Gasteiger partial charge in [-0.15, -0.1) is 0 Å². The Hall–Kier alpha value is -1.32. The first kappa shape index (κ1) is 33.9. The highest BCUT2D eigenvalue weighted by atomic mass is 31.2. The van der Waals surface area contributed by atoms with Gasteiger partial charge in [0.05, 0.1) is 26.4 Å². The van der Waals surface area contributed by atoms with Crippen molar-refractivity contribution in [2.45, 2.75) is 58.7 Å². The van der Waals surface area contributed by atoms with E-state index in [0.717, 1.165) is 5.57 Å². The third-order valence-electron chi connectivity index (χ3n) is 4.29. The van der Waals surface area contributed by atoms with E-state index in [4.69, 9.17) is 9.47 Å². The molecule has 1 atom stereocenters. The van der Waals surface area contributed by atoms with Crippen LogP contribution in [0.4, 0.5) is 0 Å². The summed E-state index contributed by atoms with van der Waals surface area (Å²) in [7, 11) is -2.70. The zero-order valence-electron chi connectivity index (χ0n) is 21.3. The molecule has 0 spiro atoms. The van der Waals surface area contributed by atoms with Crippen LogP contribution in [0.15, 0.2) is 36.5 Å². The molecule has 0 bridgehead atoms. The van der Waals surface area contributed by atoms with Gasteiger partial charge in [-0.3, -0.25) is 10.0 Å². The SMILES string of the molecule is C=C/C=C\C=C(/C)C1OCC(CO)(N(O)C(=O)CNCC(O)P(C)(C)=O)CO1.CC.CCC. The van der Waals surface area contributed by atoms with Gasteiger partial charge in [-0.25, -0.2) is 5.06 Å². The first-order valence-corrected chi connectivity index (χ1v) is 13.9. The molecule has 1 unspecified atom stereocenters. The molecule has 33 heavy (non-hydrogen) atoms. The summed E-state index contributed by atoms with van der Waals surface area (Å²) in [5, 5.41) is 32.8. The number of hydroxylamine groups is 2. The lowest BCUT2D eigenvalue weighted by molar-refractivity contribution is -0.276. The summed E-state index contributed by atoms with van der Waals surface area (Å²) in [6.07, 6.45) is 7.53. The quantitative estimate of drug-likeness (QED) is 0.159. The van der Waals surface area contributed by atoms with Crippen LogP contribution in [-0.4, -0.2) is 90.3 Å². The highest BCUT2D eigenvalue weighted by molar-refractivity contribution is 7.62. The molecule has 1 rings (SSSR count). The molecule has 1 fully saturated rings. The summed E-state index contributed by atoms with van der Waals surface area (Å²) in [5.74, 6) is -1.83. The maximum absolute atomic E-state index is 12.2. The summed E-state index contributed by atoms with van der Waals surface area (Å²) in [6.45, 7) is 15.3. The predicted molar refractivity (Wildman–Crippen MR) is 133 cm³/mol. The molecular formula is C23H45N2O7P. The van der Waals surface area contributed by atoms with E-state index in [1.165, 1.54) is 19.8 Å². The van der Waals surface area contributed by atoms with Crippen LogP contribution in [0.2, 0.25) is 0 Å². The van der Waals surface area contributed by atoms with Crippen molar-refractivity contribution in [3.63, 3.8) is 0 Å². The molecule has 10 heteroatoms. The van der Waals surface area contributed by atoms with E-state index in [9.17, 15) is 24.8 Å². The second-order valence-corrected chi connectivity index (χ2v) is 11.3. The van der Waals surface area contributed by atoms with Crippen LogP contribution >= 0.6 is 7.14 Å². The summed E-state index contributed by atoms with van der Waals surface area (Å²) >= 11 is 0. The van der Waals surface area contributed by atoms with E-state index in [1.54, 1.807) is 31.2 Å². The van der Waals surface area contributed by atoms with E-state index in [-0.39, 0.29) is 26.3 Å². The van der Waals surface area contributed by atoms with E-state index in [2.05, 4.69) is 25.7 Å². The average Bonchev–Trinajstić information content (AvgIpc) is 2.79. The zero-order chi connectivity index (χ0) is 26.1. The minimum absolute atomic E-state index is 0.0622. The van der Waals surface area contributed by atoms with Crippen molar-refractivity contribution in [2.75, 3.05) is 46.2 Å². The Morgan fingerprint density at radius 1 is 1.27 bits per heavy atom. The molecule has 4 N–H and O–H groups in total. The van der Waals surface area contributed by atoms with Crippen molar-refractivity contribution < 1.29 is 34.3 Å². The molecule has 0 aliphatic carbocycles. The van der Waals surface area contributed by atoms with Crippen molar-refractivity contribution in [3.05, 3.63) is 36.5 Å². The highest BCUT2D eigenvalue weighted by Crippen LogP contribution is 2.40. The monoisotopic (exact) mass is 492 g/mol. The number of carbonyl (C=O) groups is 1. The van der Waals surface area contributed by atoms with Gasteiger partial charge in [0.25, 0.3) is 5.91 Å². The number of aliphatic hydroxyl groups is 2. The topological polar surface area (TPSA) is 129 Å². The van der Waals surface area contributed by atoms with Crippen LogP contribution in [0.1, 0.15) is 41.0 Å². The van der Waals surface area contributed by atoms with E-state index in [1.807, 2.05) is 13.8 Å². The van der Waals surface area contributed by atoms with Crippen molar-refractivity contribution in [2.24, 2.45) is 0 Å². The number of carbonyl (C=O) groups excluding carboxylic acids is 1. The Bertz CT molecular complexity index is 653. The molecule has 0 saturated carbocycles. The lowest BCUT2D eigenvalue weighted by atomic mass is 10.0. The zero-order valence-corrected chi connectivity index (χ0v) is 22.2. The van der Waals surface area contributed by atoms with Crippen molar-refractivity contribution >= 4 is 13.0 Å². The lowest BCUT2D eigenvalue weighted by Crippen LogP contribution is -2.63. The Balaban J connectivity index is 0. The van der Waals surface area contributed by atoms with Gasteiger partial charge in [-0.2, -0.15) is 0 Å². The smallest absolute Gasteiger partial charge is 0.260 e. The van der Waals surface area contributed by atoms with E-state index in [0.29, 0.717) is 5.06 Å². The minimum Gasteiger partial charge on any atom is -0.394 e. The molecule has 1 heterocycles. The number of aliphatic hydroxyl groups excluding tert-OH is 2. The van der Waals surface area contributed by atoms with Gasteiger partial charge in [0.1, 0.15) is 18.5 Å². The standard InChI is InChI=1S/C18H31N2O7P.C3H8.C2H6/c1-5-6-7-8-14(2)17-26-12-18(11-21,13-27-17)20(24)15(22)9-19-10-16(23)28(3,4)25;1-3-2;1-2/h5-8,16-17,19,21,23-24H,1,9-13H2,2-4H3;3H2,1-2H3;1-2H3/b7-6-,14-8+;;. The van der Waals surface area contributed by atoms with Gasteiger partial charge in [0.2, 0.25) is 0 Å². The molecule has 194 valence electrons. The van der Waals surface area contributed by atoms with Crippen LogP contribution < -0.4 is 5.32 Å². The third kappa shape index (κ3) is 12.6. The largest absolute Gasteiger partial charge is 0.394 e. The van der Waals surface area contributed by atoms with E-state index >= 15 is 0 Å². The molecule has 0 aromatic rings. The van der Waals surface area contributed by atoms with Crippen LogP contribution in [0.25, 0.3) is 0 Å². The fourth-order valence-corrected chi connectivity index (χ4v) is 2.90. The van der Waals surface area contributed by atoms with Crippen LogP contribution in [0.3, 0.4) is 0 Å². The van der Waals surface area contributed by atoms with Crippen molar-refractivity contribution in [3.8, 4) is 0 Å². The molecule has 1 amide bonds. The van der Waals surface area contributed by atoms with Crippen LogP contribution in [0.5, 0.6) is 0 Å². The summed E-state index contributed by atoms with van der Waals surface area (Å²) in [6, 6.07) is 0. The molecule has 0 aromatic carbocycles. The number of hydrogen-bond acceptors (Lipinski definition) is 8. The van der Waals surface area contributed by atoms with Gasteiger partial charge in [0.15, 0.2) is 6.29 Å². The number of hydrogen-bond donors (Lipinski definition) is 4. The predicted octanol–water partition coefficient (Wildman–Crippen LogP) is 2.97. The Morgan fingerprint density at radius 2 is 1.79 bits per heavy atom. The summed E-state index contributed by atoms with van der Waals surface area (Å²) < 4.78 is 22.9. The highest BCUT2D eigenvalue weighted by Gasteiger charge is 2.44. The van der Waals surface area contributed by atoms with Crippen molar-refractivity contribution in [1.29, 1.82) is 0 Å². The van der Waals surface area contributed by atoms with Gasteiger partial charge in [-0.05, 0) is 25.8 Å². The van der Waals surface area contributed by atoms with Gasteiger partial charge < -0.3 is 29.6 Å². The second kappa shape index (κ2) is 18.1. The number of nitrogens with one attached hydrogen (secondary N) is 1. The molecule has 9 nitrogen and oxygen atoms in total. The molecule has 0 aromatic heterocycles.